The van der Waals surface area contributed by atoms with Gasteiger partial charge in [-0.2, -0.15) is 0 Å². The van der Waals surface area contributed by atoms with Crippen LogP contribution >= 0.6 is 0 Å². The number of halogens is 2. The molecule has 0 aliphatic carbocycles. The molecular weight excluding hydrogens is 482 g/mol. The number of aromatic nitrogens is 3. The second kappa shape index (κ2) is 9.88. The highest BCUT2D eigenvalue weighted by molar-refractivity contribution is 7.90. The Balaban J connectivity index is 1.40. The molecule has 5 aromatic rings. The minimum atomic E-state index is -4.00. The van der Waals surface area contributed by atoms with Gasteiger partial charge in [0.25, 0.3) is 10.0 Å². The average molecular weight is 505 g/mol. The van der Waals surface area contributed by atoms with Crippen molar-refractivity contribution in [1.82, 2.24) is 19.3 Å². The van der Waals surface area contributed by atoms with E-state index in [1.54, 1.807) is 48.7 Å². The van der Waals surface area contributed by atoms with Gasteiger partial charge >= 0.3 is 0 Å². The highest BCUT2D eigenvalue weighted by Gasteiger charge is 2.23. The van der Waals surface area contributed by atoms with Crippen LogP contribution in [0, 0.1) is 11.6 Å². The first-order chi connectivity index (χ1) is 17.4. The number of hydrogen-bond acceptors (Lipinski definition) is 4. The summed E-state index contributed by atoms with van der Waals surface area (Å²) in [7, 11) is -4.00. The minimum Gasteiger partial charge on any atom is -0.361 e. The lowest BCUT2D eigenvalue weighted by atomic mass is 10.1. The Bertz CT molecular complexity index is 1610. The molecule has 36 heavy (non-hydrogen) atoms. The molecule has 0 saturated heterocycles. The molecule has 0 aliphatic rings. The first-order valence-electron chi connectivity index (χ1n) is 11.2. The van der Waals surface area contributed by atoms with E-state index in [1.165, 1.54) is 42.9 Å². The Kier molecular flexibility index (Phi) is 6.49. The van der Waals surface area contributed by atoms with E-state index < -0.39 is 15.8 Å². The van der Waals surface area contributed by atoms with Crippen LogP contribution in [0.2, 0.25) is 0 Å². The number of benzene rings is 2. The molecule has 0 atom stereocenters. The first-order valence-corrected chi connectivity index (χ1v) is 12.6. The van der Waals surface area contributed by atoms with E-state index in [2.05, 4.69) is 15.3 Å². The van der Waals surface area contributed by atoms with E-state index in [1.807, 2.05) is 6.07 Å². The van der Waals surface area contributed by atoms with E-state index in [0.717, 1.165) is 9.54 Å². The molecule has 0 aliphatic heterocycles. The van der Waals surface area contributed by atoms with Crippen molar-refractivity contribution in [2.75, 3.05) is 0 Å². The molecule has 0 fully saturated rings. The summed E-state index contributed by atoms with van der Waals surface area (Å²) in [6.45, 7) is 0.789. The molecule has 182 valence electrons. The Labute approximate surface area is 207 Å². The summed E-state index contributed by atoms with van der Waals surface area (Å²) in [5.74, 6) is -0.832. The van der Waals surface area contributed by atoms with Crippen molar-refractivity contribution in [2.45, 2.75) is 18.0 Å². The zero-order valence-electron chi connectivity index (χ0n) is 19.0. The fourth-order valence-electron chi connectivity index (χ4n) is 4.00. The molecule has 6 nitrogen and oxygen atoms in total. The monoisotopic (exact) mass is 504 g/mol. The van der Waals surface area contributed by atoms with E-state index in [9.17, 15) is 17.2 Å². The number of H-pyrrole nitrogens is 1. The minimum absolute atomic E-state index is 0.00527. The Morgan fingerprint density at radius 1 is 0.861 bits per heavy atom. The number of hydrogen-bond donors (Lipinski definition) is 2. The second-order valence-corrected chi connectivity index (χ2v) is 10.0. The van der Waals surface area contributed by atoms with Crippen molar-refractivity contribution in [3.05, 3.63) is 120 Å². The van der Waals surface area contributed by atoms with Crippen molar-refractivity contribution < 1.29 is 17.2 Å². The van der Waals surface area contributed by atoms with Gasteiger partial charge < -0.3 is 10.3 Å². The van der Waals surface area contributed by atoms with Crippen LogP contribution in [0.5, 0.6) is 0 Å². The first kappa shape index (κ1) is 23.7. The summed E-state index contributed by atoms with van der Waals surface area (Å²) in [4.78, 5) is 7.00. The molecule has 3 aromatic heterocycles. The number of pyridine rings is 1. The quantitative estimate of drug-likeness (QED) is 0.299. The van der Waals surface area contributed by atoms with Gasteiger partial charge in [0.15, 0.2) is 0 Å². The fourth-order valence-corrected chi connectivity index (χ4v) is 5.35. The van der Waals surface area contributed by atoms with Gasteiger partial charge in [-0.05, 0) is 59.7 Å². The van der Waals surface area contributed by atoms with Crippen LogP contribution in [0.15, 0.2) is 102 Å². The summed E-state index contributed by atoms with van der Waals surface area (Å²) in [5, 5.41) is 3.27. The lowest BCUT2D eigenvalue weighted by Gasteiger charge is -2.10. The van der Waals surface area contributed by atoms with Crippen LogP contribution < -0.4 is 5.32 Å². The maximum absolute atomic E-state index is 14.6. The topological polar surface area (TPSA) is 79.8 Å². The van der Waals surface area contributed by atoms with Gasteiger partial charge in [0.05, 0.1) is 5.69 Å². The van der Waals surface area contributed by atoms with Crippen molar-refractivity contribution in [2.24, 2.45) is 0 Å². The fraction of sp³-hybridized carbons (Fsp3) is 0.0741. The predicted molar refractivity (Wildman–Crippen MR) is 133 cm³/mol. The molecule has 0 saturated carbocycles. The molecule has 3 heterocycles. The smallest absolute Gasteiger partial charge is 0.269 e. The molecule has 0 unspecified atom stereocenters. The molecule has 2 aromatic carbocycles. The predicted octanol–water partition coefficient (Wildman–Crippen LogP) is 5.35. The number of nitrogens with zero attached hydrogens (tertiary/aromatic N) is 2. The number of nitrogens with one attached hydrogen (secondary N) is 2. The van der Waals surface area contributed by atoms with Gasteiger partial charge in [0.1, 0.15) is 16.5 Å². The van der Waals surface area contributed by atoms with Crippen LogP contribution in [-0.2, 0) is 23.1 Å². The number of rotatable bonds is 8. The van der Waals surface area contributed by atoms with E-state index >= 15 is 0 Å². The summed E-state index contributed by atoms with van der Waals surface area (Å²) in [5.41, 5.74) is 3.11. The highest BCUT2D eigenvalue weighted by atomic mass is 32.2. The normalized spacial score (nSPS) is 11.6. The molecule has 0 radical (unpaired) electrons. The van der Waals surface area contributed by atoms with Gasteiger partial charge in [-0.1, -0.05) is 24.3 Å². The maximum atomic E-state index is 14.6. The molecule has 0 amide bonds. The van der Waals surface area contributed by atoms with E-state index in [0.29, 0.717) is 29.9 Å². The highest BCUT2D eigenvalue weighted by Crippen LogP contribution is 2.29. The summed E-state index contributed by atoms with van der Waals surface area (Å²) in [6, 6.07) is 19.1. The summed E-state index contributed by atoms with van der Waals surface area (Å²) in [6.07, 6.45) is 6.02. The third kappa shape index (κ3) is 4.71. The molecule has 5 rings (SSSR count). The zero-order valence-corrected chi connectivity index (χ0v) is 19.8. The van der Waals surface area contributed by atoms with Crippen molar-refractivity contribution in [1.29, 1.82) is 0 Å². The van der Waals surface area contributed by atoms with Gasteiger partial charge in [-0.15, -0.1) is 0 Å². The van der Waals surface area contributed by atoms with Crippen LogP contribution in [0.25, 0.3) is 22.5 Å². The summed E-state index contributed by atoms with van der Waals surface area (Å²) < 4.78 is 56.5. The zero-order chi connectivity index (χ0) is 25.1. The lowest BCUT2D eigenvalue weighted by molar-refractivity contribution is 0.587. The van der Waals surface area contributed by atoms with Crippen LogP contribution in [0.3, 0.4) is 0 Å². The second-order valence-electron chi connectivity index (χ2n) is 8.21. The van der Waals surface area contributed by atoms with Crippen molar-refractivity contribution in [3.63, 3.8) is 0 Å². The standard InChI is InChI=1S/C27H22F2N4O2S/c28-24-9-3-1-7-22(24)26-12-19(16-32-26)14-31-15-20-13-27(23-8-2-4-10-25(23)29)33(18-20)36(34,35)21-6-5-11-30-17-21/h1-13,16-18,31-32H,14-15H2. The lowest BCUT2D eigenvalue weighted by Crippen LogP contribution is -2.14. The molecule has 9 heteroatoms. The van der Waals surface area contributed by atoms with Crippen LogP contribution in [0.1, 0.15) is 11.1 Å². The SMILES string of the molecule is O=S(=O)(c1cccnc1)n1cc(CNCc2c[nH]c(-c3ccccc3F)c2)cc1-c1ccccc1F. The molecule has 0 bridgehead atoms. The third-order valence-electron chi connectivity index (χ3n) is 5.75. The number of aromatic amines is 1. The maximum Gasteiger partial charge on any atom is 0.269 e. The van der Waals surface area contributed by atoms with Crippen LogP contribution in [0.4, 0.5) is 8.78 Å². The van der Waals surface area contributed by atoms with Gasteiger partial charge in [0.2, 0.25) is 0 Å². The van der Waals surface area contributed by atoms with Crippen LogP contribution in [-0.4, -0.2) is 22.4 Å². The largest absolute Gasteiger partial charge is 0.361 e. The van der Waals surface area contributed by atoms with Gasteiger partial charge in [-0.3, -0.25) is 4.98 Å². The van der Waals surface area contributed by atoms with Crippen molar-refractivity contribution >= 4 is 10.0 Å². The average Bonchev–Trinajstić information content (AvgIpc) is 3.53. The third-order valence-corrected chi connectivity index (χ3v) is 7.41. The summed E-state index contributed by atoms with van der Waals surface area (Å²) >= 11 is 0. The molecule has 0 spiro atoms. The Morgan fingerprint density at radius 2 is 1.56 bits per heavy atom. The molecular formula is C27H22F2N4O2S. The Hall–Kier alpha value is -4.08. The van der Waals surface area contributed by atoms with Gasteiger partial charge in [-0.25, -0.2) is 21.2 Å². The van der Waals surface area contributed by atoms with E-state index in [4.69, 9.17) is 0 Å². The van der Waals surface area contributed by atoms with Crippen molar-refractivity contribution in [3.8, 4) is 22.5 Å². The Morgan fingerprint density at radius 3 is 2.25 bits per heavy atom. The van der Waals surface area contributed by atoms with Gasteiger partial charge in [0, 0.05) is 54.7 Å². The van der Waals surface area contributed by atoms with E-state index in [-0.39, 0.29) is 22.0 Å². The molecule has 2 N–H and O–H groups in total.